The lowest BCUT2D eigenvalue weighted by Gasteiger charge is -2.43. The normalized spacial score (nSPS) is 16.9. The quantitative estimate of drug-likeness (QED) is 0.438. The van der Waals surface area contributed by atoms with Gasteiger partial charge in [-0.3, -0.25) is 4.90 Å². The van der Waals surface area contributed by atoms with Crippen LogP contribution in [-0.4, -0.2) is 30.6 Å². The van der Waals surface area contributed by atoms with Gasteiger partial charge in [0.15, 0.2) is 0 Å². The van der Waals surface area contributed by atoms with Crippen LogP contribution >= 0.6 is 0 Å². The van der Waals surface area contributed by atoms with Crippen molar-refractivity contribution in [3.63, 3.8) is 0 Å². The summed E-state index contributed by atoms with van der Waals surface area (Å²) in [6, 6.07) is 0.443. The van der Waals surface area contributed by atoms with Gasteiger partial charge in [-0.1, -0.05) is 85.0 Å². The molecule has 0 aromatic rings. The molecule has 0 aromatic heterocycles. The van der Waals surface area contributed by atoms with Crippen molar-refractivity contribution in [2.24, 2.45) is 11.1 Å². The minimum absolute atomic E-state index is 0.443. The number of nitrogens with two attached hydrogens (primary N) is 1. The van der Waals surface area contributed by atoms with Crippen LogP contribution in [0.15, 0.2) is 0 Å². The molecule has 0 amide bonds. The summed E-state index contributed by atoms with van der Waals surface area (Å²) < 4.78 is 0. The molecule has 0 unspecified atom stereocenters. The summed E-state index contributed by atoms with van der Waals surface area (Å²) in [6.45, 7) is 10.7. The molecule has 1 aliphatic rings. The molecule has 0 aliphatic carbocycles. The van der Waals surface area contributed by atoms with E-state index in [0.717, 1.165) is 13.1 Å². The van der Waals surface area contributed by atoms with Gasteiger partial charge in [0, 0.05) is 25.7 Å². The number of hydrogen-bond acceptors (Lipinski definition) is 2. The molecule has 1 saturated heterocycles. The molecular weight excluding hydrogens is 268 g/mol. The van der Waals surface area contributed by atoms with E-state index >= 15 is 0 Å². The molecule has 2 nitrogen and oxygen atoms in total. The van der Waals surface area contributed by atoms with Gasteiger partial charge in [0.2, 0.25) is 0 Å². The van der Waals surface area contributed by atoms with Crippen LogP contribution in [0.1, 0.15) is 97.8 Å². The van der Waals surface area contributed by atoms with Crippen molar-refractivity contribution in [3.05, 3.63) is 0 Å². The molecule has 2 N–H and O–H groups in total. The topological polar surface area (TPSA) is 29.3 Å². The number of nitrogens with zero attached hydrogens (tertiary/aromatic N) is 1. The zero-order valence-electron chi connectivity index (χ0n) is 15.7. The van der Waals surface area contributed by atoms with Crippen molar-refractivity contribution in [1.82, 2.24) is 4.90 Å². The molecule has 1 aliphatic heterocycles. The molecule has 1 fully saturated rings. The molecule has 0 bridgehead atoms. The molecule has 2 heteroatoms. The number of rotatable bonds is 14. The first-order valence-corrected chi connectivity index (χ1v) is 10.1. The van der Waals surface area contributed by atoms with Gasteiger partial charge in [-0.25, -0.2) is 0 Å². The van der Waals surface area contributed by atoms with E-state index < -0.39 is 0 Å². The summed E-state index contributed by atoms with van der Waals surface area (Å²) in [6.07, 6.45) is 16.9. The first-order chi connectivity index (χ1) is 10.6. The highest BCUT2D eigenvalue weighted by Crippen LogP contribution is 2.33. The van der Waals surface area contributed by atoms with Gasteiger partial charge < -0.3 is 5.73 Å². The highest BCUT2D eigenvalue weighted by atomic mass is 15.2. The van der Waals surface area contributed by atoms with Crippen molar-refractivity contribution in [2.75, 3.05) is 19.6 Å². The summed E-state index contributed by atoms with van der Waals surface area (Å²) in [4.78, 5) is 2.59. The summed E-state index contributed by atoms with van der Waals surface area (Å²) in [5.74, 6) is 0. The maximum atomic E-state index is 5.96. The maximum absolute atomic E-state index is 5.96. The van der Waals surface area contributed by atoms with E-state index in [4.69, 9.17) is 5.73 Å². The van der Waals surface area contributed by atoms with E-state index in [9.17, 15) is 0 Å². The zero-order valence-corrected chi connectivity index (χ0v) is 15.7. The fraction of sp³-hybridized carbons (Fsp3) is 1.00. The van der Waals surface area contributed by atoms with Crippen LogP contribution in [0.3, 0.4) is 0 Å². The maximum Gasteiger partial charge on any atom is 0.0297 e. The molecule has 0 saturated carbocycles. The van der Waals surface area contributed by atoms with Crippen LogP contribution in [0.2, 0.25) is 0 Å². The van der Waals surface area contributed by atoms with Crippen LogP contribution in [0, 0.1) is 5.41 Å². The Morgan fingerprint density at radius 2 is 1.27 bits per heavy atom. The second-order valence-corrected chi connectivity index (χ2v) is 8.09. The van der Waals surface area contributed by atoms with Gasteiger partial charge in [-0.05, 0) is 18.3 Å². The Kier molecular flexibility index (Phi) is 10.4. The number of hydrogen-bond donors (Lipinski definition) is 1. The van der Waals surface area contributed by atoms with Crippen LogP contribution in [-0.2, 0) is 0 Å². The third-order valence-corrected chi connectivity index (χ3v) is 5.36. The van der Waals surface area contributed by atoms with Gasteiger partial charge in [-0.2, -0.15) is 0 Å². The van der Waals surface area contributed by atoms with Crippen molar-refractivity contribution in [1.29, 1.82) is 0 Å². The molecule has 0 aromatic carbocycles. The lowest BCUT2D eigenvalue weighted by atomic mass is 9.78. The molecule has 1 rings (SSSR count). The van der Waals surface area contributed by atoms with Gasteiger partial charge in [0.05, 0.1) is 0 Å². The van der Waals surface area contributed by atoms with E-state index in [1.165, 1.54) is 83.6 Å². The molecule has 1 heterocycles. The third-order valence-electron chi connectivity index (χ3n) is 5.36. The number of unbranched alkanes of at least 4 members (excludes halogenated alkanes) is 8. The van der Waals surface area contributed by atoms with Crippen molar-refractivity contribution < 1.29 is 0 Å². The summed E-state index contributed by atoms with van der Waals surface area (Å²) in [5, 5.41) is 0. The summed E-state index contributed by atoms with van der Waals surface area (Å²) >= 11 is 0. The highest BCUT2D eigenvalue weighted by molar-refractivity contribution is 4.88. The Morgan fingerprint density at radius 3 is 1.68 bits per heavy atom. The molecule has 0 radical (unpaired) electrons. The average Bonchev–Trinajstić information content (AvgIpc) is 2.45. The van der Waals surface area contributed by atoms with E-state index in [1.54, 1.807) is 0 Å². The Labute approximate surface area is 140 Å². The fourth-order valence-corrected chi connectivity index (χ4v) is 3.87. The van der Waals surface area contributed by atoms with Gasteiger partial charge in [0.1, 0.15) is 0 Å². The van der Waals surface area contributed by atoms with E-state index in [2.05, 4.69) is 25.7 Å². The minimum Gasteiger partial charge on any atom is -0.325 e. The van der Waals surface area contributed by atoms with Crippen molar-refractivity contribution >= 4 is 0 Å². The highest BCUT2D eigenvalue weighted by Gasteiger charge is 2.31. The minimum atomic E-state index is 0.443. The average molecular weight is 311 g/mol. The Balaban J connectivity index is 2.27. The molecule has 0 atom stereocenters. The third kappa shape index (κ3) is 8.53. The summed E-state index contributed by atoms with van der Waals surface area (Å²) in [7, 11) is 0. The van der Waals surface area contributed by atoms with E-state index in [0.29, 0.717) is 11.5 Å². The summed E-state index contributed by atoms with van der Waals surface area (Å²) in [5.41, 5.74) is 6.48. The molecule has 22 heavy (non-hydrogen) atoms. The standard InChI is InChI=1S/C20H42N2/c1-4-6-8-10-12-14-20(3,15-13-11-9-7-5-2)18-22-16-19(21)17-22/h19H,4-18,21H2,1-3H3. The number of likely N-dealkylation sites (tertiary alicyclic amines) is 1. The SMILES string of the molecule is CCCCCCCC(C)(CCCCCCC)CN1CC(N)C1. The van der Waals surface area contributed by atoms with Gasteiger partial charge in [-0.15, -0.1) is 0 Å². The lowest BCUT2D eigenvalue weighted by Crippen LogP contribution is -2.58. The Hall–Kier alpha value is -0.0800. The smallest absolute Gasteiger partial charge is 0.0297 e. The first kappa shape index (κ1) is 20.0. The first-order valence-electron chi connectivity index (χ1n) is 10.1. The van der Waals surface area contributed by atoms with Gasteiger partial charge in [0.25, 0.3) is 0 Å². The van der Waals surface area contributed by atoms with E-state index in [-0.39, 0.29) is 0 Å². The Bertz CT molecular complexity index is 244. The predicted octanol–water partition coefficient (Wildman–Crippen LogP) is 5.36. The van der Waals surface area contributed by atoms with Crippen molar-refractivity contribution in [3.8, 4) is 0 Å². The largest absolute Gasteiger partial charge is 0.325 e. The van der Waals surface area contributed by atoms with E-state index in [1.807, 2.05) is 0 Å². The van der Waals surface area contributed by atoms with Crippen LogP contribution in [0.4, 0.5) is 0 Å². The molecule has 132 valence electrons. The van der Waals surface area contributed by atoms with Gasteiger partial charge >= 0.3 is 0 Å². The molecular formula is C20H42N2. The lowest BCUT2D eigenvalue weighted by molar-refractivity contribution is 0.0741. The van der Waals surface area contributed by atoms with Crippen LogP contribution in [0.25, 0.3) is 0 Å². The fourth-order valence-electron chi connectivity index (χ4n) is 3.87. The second kappa shape index (κ2) is 11.5. The monoisotopic (exact) mass is 310 g/mol. The predicted molar refractivity (Wildman–Crippen MR) is 99.3 cm³/mol. The van der Waals surface area contributed by atoms with Crippen LogP contribution in [0.5, 0.6) is 0 Å². The zero-order chi connectivity index (χ0) is 16.3. The van der Waals surface area contributed by atoms with Crippen LogP contribution < -0.4 is 5.73 Å². The van der Waals surface area contributed by atoms with Crippen molar-refractivity contribution in [2.45, 2.75) is 104 Å². The Morgan fingerprint density at radius 1 is 0.818 bits per heavy atom. The molecule has 0 spiro atoms. The second-order valence-electron chi connectivity index (χ2n) is 8.09.